The van der Waals surface area contributed by atoms with E-state index >= 15 is 0 Å². The second-order valence-electron chi connectivity index (χ2n) is 5.16. The van der Waals surface area contributed by atoms with Gasteiger partial charge in [0, 0.05) is 6.54 Å². The van der Waals surface area contributed by atoms with E-state index in [1.54, 1.807) is 0 Å². The van der Waals surface area contributed by atoms with Crippen LogP contribution in [0.1, 0.15) is 45.3 Å². The van der Waals surface area contributed by atoms with Gasteiger partial charge in [-0.15, -0.1) is 0 Å². The lowest BCUT2D eigenvalue weighted by Crippen LogP contribution is -2.51. The molecule has 0 aliphatic rings. The smallest absolute Gasteiger partial charge is 0.326 e. The SMILES string of the molecule is CCCNC(C)(CCn1nc(C)nc1C)C(=O)OCC. The van der Waals surface area contributed by atoms with Crippen molar-refractivity contribution in [2.75, 3.05) is 13.2 Å². The number of aryl methyl sites for hydroxylation is 3. The normalized spacial score (nSPS) is 14.1. The number of nitrogens with zero attached hydrogens (tertiary/aromatic N) is 3. The molecule has 1 aromatic heterocycles. The number of aromatic nitrogens is 3. The molecule has 1 heterocycles. The molecule has 20 heavy (non-hydrogen) atoms. The van der Waals surface area contributed by atoms with Crippen LogP contribution >= 0.6 is 0 Å². The fourth-order valence-corrected chi connectivity index (χ4v) is 2.06. The number of esters is 1. The number of rotatable bonds is 8. The van der Waals surface area contributed by atoms with Gasteiger partial charge < -0.3 is 10.1 Å². The van der Waals surface area contributed by atoms with E-state index in [1.165, 1.54) is 0 Å². The van der Waals surface area contributed by atoms with Crippen LogP contribution in [-0.2, 0) is 16.1 Å². The van der Waals surface area contributed by atoms with Crippen LogP contribution in [0.5, 0.6) is 0 Å². The van der Waals surface area contributed by atoms with Crippen LogP contribution in [-0.4, -0.2) is 39.4 Å². The lowest BCUT2D eigenvalue weighted by Gasteiger charge is -2.28. The van der Waals surface area contributed by atoms with Crippen LogP contribution < -0.4 is 5.32 Å². The molecule has 1 atom stereocenters. The van der Waals surface area contributed by atoms with E-state index in [2.05, 4.69) is 22.3 Å². The maximum Gasteiger partial charge on any atom is 0.326 e. The number of hydrogen-bond acceptors (Lipinski definition) is 5. The third kappa shape index (κ3) is 4.30. The molecule has 0 aromatic carbocycles. The summed E-state index contributed by atoms with van der Waals surface area (Å²) in [7, 11) is 0. The zero-order valence-electron chi connectivity index (χ0n) is 13.2. The maximum atomic E-state index is 12.2. The summed E-state index contributed by atoms with van der Waals surface area (Å²) in [6.07, 6.45) is 1.59. The molecule has 0 saturated carbocycles. The standard InChI is InChI=1S/C14H26N4O2/c1-6-9-15-14(5,13(19)20-7-2)8-10-18-12(4)16-11(3)17-18/h15H,6-10H2,1-5H3. The summed E-state index contributed by atoms with van der Waals surface area (Å²) in [5.74, 6) is 1.41. The van der Waals surface area contributed by atoms with Gasteiger partial charge in [-0.1, -0.05) is 6.92 Å². The van der Waals surface area contributed by atoms with Gasteiger partial charge in [0.15, 0.2) is 0 Å². The molecule has 0 amide bonds. The number of ether oxygens (including phenoxy) is 1. The molecule has 0 bridgehead atoms. The molecule has 1 aromatic rings. The second-order valence-corrected chi connectivity index (χ2v) is 5.16. The Kier molecular flexibility index (Phi) is 6.13. The predicted molar refractivity (Wildman–Crippen MR) is 77.4 cm³/mol. The molecule has 0 saturated heterocycles. The van der Waals surface area contributed by atoms with Crippen molar-refractivity contribution >= 4 is 5.97 Å². The van der Waals surface area contributed by atoms with E-state index in [0.717, 1.165) is 24.6 Å². The van der Waals surface area contributed by atoms with E-state index < -0.39 is 5.54 Å². The van der Waals surface area contributed by atoms with Gasteiger partial charge in [-0.25, -0.2) is 4.98 Å². The minimum Gasteiger partial charge on any atom is -0.465 e. The van der Waals surface area contributed by atoms with Gasteiger partial charge in [0.2, 0.25) is 0 Å². The molecule has 0 fully saturated rings. The van der Waals surface area contributed by atoms with E-state index in [-0.39, 0.29) is 5.97 Å². The Morgan fingerprint density at radius 3 is 2.60 bits per heavy atom. The number of nitrogens with one attached hydrogen (secondary N) is 1. The first kappa shape index (κ1) is 16.6. The van der Waals surface area contributed by atoms with E-state index in [9.17, 15) is 4.79 Å². The lowest BCUT2D eigenvalue weighted by molar-refractivity contribution is -0.151. The van der Waals surface area contributed by atoms with E-state index in [4.69, 9.17) is 4.74 Å². The molecule has 6 nitrogen and oxygen atoms in total. The summed E-state index contributed by atoms with van der Waals surface area (Å²) in [6.45, 7) is 11.4. The van der Waals surface area contributed by atoms with E-state index in [1.807, 2.05) is 32.4 Å². The van der Waals surface area contributed by atoms with Crippen LogP contribution in [0.15, 0.2) is 0 Å². The van der Waals surface area contributed by atoms with E-state index in [0.29, 0.717) is 19.6 Å². The Labute approximate surface area is 120 Å². The van der Waals surface area contributed by atoms with Crippen molar-refractivity contribution in [3.05, 3.63) is 11.6 Å². The summed E-state index contributed by atoms with van der Waals surface area (Å²) in [6, 6.07) is 0. The Hall–Kier alpha value is -1.43. The van der Waals surface area contributed by atoms with Gasteiger partial charge in [0.1, 0.15) is 17.2 Å². The molecular formula is C14H26N4O2. The second kappa shape index (κ2) is 7.38. The number of hydrogen-bond donors (Lipinski definition) is 1. The Bertz CT molecular complexity index is 444. The van der Waals surface area contributed by atoms with Crippen LogP contribution in [0.4, 0.5) is 0 Å². The molecule has 1 unspecified atom stereocenters. The molecule has 0 aliphatic heterocycles. The first-order valence-corrected chi connectivity index (χ1v) is 7.23. The molecule has 6 heteroatoms. The molecule has 0 aliphatic carbocycles. The zero-order valence-corrected chi connectivity index (χ0v) is 13.2. The highest BCUT2D eigenvalue weighted by Gasteiger charge is 2.33. The quantitative estimate of drug-likeness (QED) is 0.734. The van der Waals surface area contributed by atoms with Crippen molar-refractivity contribution in [2.45, 2.75) is 59.5 Å². The number of carbonyl (C=O) groups is 1. The minimum absolute atomic E-state index is 0.206. The minimum atomic E-state index is -0.682. The van der Waals surface area contributed by atoms with Crippen LogP contribution in [0.3, 0.4) is 0 Å². The average molecular weight is 282 g/mol. The summed E-state index contributed by atoms with van der Waals surface area (Å²) in [4.78, 5) is 16.4. The van der Waals surface area contributed by atoms with Gasteiger partial charge in [-0.05, 0) is 47.1 Å². The number of carbonyl (C=O) groups excluding carboxylic acids is 1. The largest absolute Gasteiger partial charge is 0.465 e. The molecular weight excluding hydrogens is 256 g/mol. The van der Waals surface area contributed by atoms with Crippen LogP contribution in [0.25, 0.3) is 0 Å². The fourth-order valence-electron chi connectivity index (χ4n) is 2.06. The van der Waals surface area contributed by atoms with Crippen molar-refractivity contribution in [3.63, 3.8) is 0 Å². The highest BCUT2D eigenvalue weighted by molar-refractivity contribution is 5.80. The van der Waals surface area contributed by atoms with Gasteiger partial charge in [0.05, 0.1) is 6.61 Å². The molecule has 0 radical (unpaired) electrons. The highest BCUT2D eigenvalue weighted by atomic mass is 16.5. The van der Waals surface area contributed by atoms with Crippen molar-refractivity contribution in [1.82, 2.24) is 20.1 Å². The van der Waals surface area contributed by atoms with Crippen molar-refractivity contribution < 1.29 is 9.53 Å². The van der Waals surface area contributed by atoms with Gasteiger partial charge in [-0.2, -0.15) is 5.10 Å². The van der Waals surface area contributed by atoms with Crippen molar-refractivity contribution in [1.29, 1.82) is 0 Å². The third-order valence-corrected chi connectivity index (χ3v) is 3.28. The van der Waals surface area contributed by atoms with Crippen LogP contribution in [0, 0.1) is 13.8 Å². The molecule has 114 valence electrons. The molecule has 0 spiro atoms. The summed E-state index contributed by atoms with van der Waals surface area (Å²) < 4.78 is 7.01. The first-order valence-electron chi connectivity index (χ1n) is 7.23. The summed E-state index contributed by atoms with van der Waals surface area (Å²) in [5.41, 5.74) is -0.682. The fraction of sp³-hybridized carbons (Fsp3) is 0.786. The van der Waals surface area contributed by atoms with Crippen molar-refractivity contribution in [2.24, 2.45) is 0 Å². The monoisotopic (exact) mass is 282 g/mol. The molecule has 1 rings (SSSR count). The third-order valence-electron chi connectivity index (χ3n) is 3.28. The first-order chi connectivity index (χ1) is 9.42. The average Bonchev–Trinajstić information content (AvgIpc) is 2.72. The predicted octanol–water partition coefficient (Wildman–Crippen LogP) is 1.61. The topological polar surface area (TPSA) is 69.0 Å². The Morgan fingerprint density at radius 1 is 1.40 bits per heavy atom. The Morgan fingerprint density at radius 2 is 2.10 bits per heavy atom. The summed E-state index contributed by atoms with van der Waals surface area (Å²) in [5, 5.41) is 7.62. The summed E-state index contributed by atoms with van der Waals surface area (Å²) >= 11 is 0. The van der Waals surface area contributed by atoms with Gasteiger partial charge >= 0.3 is 5.97 Å². The van der Waals surface area contributed by atoms with Gasteiger partial charge in [0.25, 0.3) is 0 Å². The zero-order chi connectivity index (χ0) is 15.2. The lowest BCUT2D eigenvalue weighted by atomic mass is 9.97. The Balaban J connectivity index is 2.73. The van der Waals surface area contributed by atoms with Crippen molar-refractivity contribution in [3.8, 4) is 0 Å². The highest BCUT2D eigenvalue weighted by Crippen LogP contribution is 2.14. The maximum absolute atomic E-state index is 12.2. The van der Waals surface area contributed by atoms with Gasteiger partial charge in [-0.3, -0.25) is 9.48 Å². The molecule has 1 N–H and O–H groups in total. The van der Waals surface area contributed by atoms with Crippen LogP contribution in [0.2, 0.25) is 0 Å².